The SMILES string of the molecule is N#CCOc1ccc2c(-c3cc4cc(Cl)ccc4oc3=O)cc(=O)oc2c1. The number of halogens is 1. The minimum atomic E-state index is -0.625. The molecule has 6 nitrogen and oxygen atoms in total. The average molecular weight is 380 g/mol. The minimum Gasteiger partial charge on any atom is -0.479 e. The van der Waals surface area contributed by atoms with Gasteiger partial charge in [0.05, 0.1) is 5.56 Å². The third kappa shape index (κ3) is 3.16. The van der Waals surface area contributed by atoms with E-state index in [1.54, 1.807) is 36.4 Å². The van der Waals surface area contributed by atoms with Crippen molar-refractivity contribution in [1.82, 2.24) is 0 Å². The molecule has 0 saturated carbocycles. The highest BCUT2D eigenvalue weighted by atomic mass is 35.5. The van der Waals surface area contributed by atoms with Gasteiger partial charge in [-0.2, -0.15) is 5.26 Å². The van der Waals surface area contributed by atoms with E-state index in [1.807, 2.05) is 6.07 Å². The zero-order valence-electron chi connectivity index (χ0n) is 13.7. The molecular formula is C20H10ClNO5. The third-order valence-electron chi connectivity index (χ3n) is 4.00. The van der Waals surface area contributed by atoms with Gasteiger partial charge in [-0.15, -0.1) is 0 Å². The van der Waals surface area contributed by atoms with E-state index in [-0.39, 0.29) is 17.8 Å². The lowest BCUT2D eigenvalue weighted by atomic mass is 10.0. The summed E-state index contributed by atoms with van der Waals surface area (Å²) in [5.41, 5.74) is 0.0188. The molecule has 0 radical (unpaired) electrons. The molecule has 0 bridgehead atoms. The van der Waals surface area contributed by atoms with Crippen molar-refractivity contribution in [1.29, 1.82) is 5.26 Å². The standard InChI is InChI=1S/C20H10ClNO5/c21-12-1-4-17-11(7-12)8-16(20(24)27-17)15-10-19(23)26-18-9-13(25-6-5-22)2-3-14(15)18/h1-4,7-10H,6H2. The molecule has 2 aromatic carbocycles. The van der Waals surface area contributed by atoms with Crippen LogP contribution in [-0.2, 0) is 0 Å². The monoisotopic (exact) mass is 379 g/mol. The van der Waals surface area contributed by atoms with Crippen molar-refractivity contribution in [2.75, 3.05) is 6.61 Å². The topological polar surface area (TPSA) is 93.4 Å². The van der Waals surface area contributed by atoms with Crippen LogP contribution in [0.15, 0.2) is 67.0 Å². The number of hydrogen-bond donors (Lipinski definition) is 0. The quantitative estimate of drug-likeness (QED) is 0.497. The molecule has 0 saturated heterocycles. The average Bonchev–Trinajstić information content (AvgIpc) is 2.65. The van der Waals surface area contributed by atoms with Crippen LogP contribution in [0.4, 0.5) is 0 Å². The van der Waals surface area contributed by atoms with Crippen LogP contribution in [0.25, 0.3) is 33.1 Å². The number of fused-ring (bicyclic) bond motifs is 2. The van der Waals surface area contributed by atoms with Crippen LogP contribution in [-0.4, -0.2) is 6.61 Å². The first-order chi connectivity index (χ1) is 13.0. The molecule has 132 valence electrons. The smallest absolute Gasteiger partial charge is 0.344 e. The van der Waals surface area contributed by atoms with Gasteiger partial charge in [-0.05, 0) is 36.4 Å². The molecule has 0 aliphatic carbocycles. The summed E-state index contributed by atoms with van der Waals surface area (Å²) in [5, 5.41) is 10.3. The Labute approximate surface area is 156 Å². The molecule has 27 heavy (non-hydrogen) atoms. The Morgan fingerprint density at radius 2 is 1.81 bits per heavy atom. The van der Waals surface area contributed by atoms with Crippen LogP contribution in [0.5, 0.6) is 5.75 Å². The van der Waals surface area contributed by atoms with Gasteiger partial charge in [0.2, 0.25) is 0 Å². The number of benzene rings is 2. The van der Waals surface area contributed by atoms with Gasteiger partial charge in [0, 0.05) is 33.5 Å². The van der Waals surface area contributed by atoms with Crippen LogP contribution in [0, 0.1) is 11.3 Å². The number of ether oxygens (including phenoxy) is 1. The largest absolute Gasteiger partial charge is 0.479 e. The fourth-order valence-electron chi connectivity index (χ4n) is 2.85. The molecule has 0 aliphatic rings. The first-order valence-electron chi connectivity index (χ1n) is 7.86. The van der Waals surface area contributed by atoms with E-state index in [0.717, 1.165) is 0 Å². The summed E-state index contributed by atoms with van der Waals surface area (Å²) in [6, 6.07) is 14.4. The maximum Gasteiger partial charge on any atom is 0.344 e. The molecule has 4 aromatic rings. The molecule has 4 rings (SSSR count). The van der Waals surface area contributed by atoms with Gasteiger partial charge < -0.3 is 13.6 Å². The van der Waals surface area contributed by atoms with Crippen molar-refractivity contribution in [3.05, 3.63) is 74.4 Å². The summed E-state index contributed by atoms with van der Waals surface area (Å²) in [6.07, 6.45) is 0. The molecule has 0 spiro atoms. The Balaban J connectivity index is 1.97. The molecule has 0 aliphatic heterocycles. The number of rotatable bonds is 3. The third-order valence-corrected chi connectivity index (χ3v) is 4.24. The lowest BCUT2D eigenvalue weighted by molar-refractivity contribution is 0.368. The second-order valence-electron chi connectivity index (χ2n) is 5.71. The van der Waals surface area contributed by atoms with Gasteiger partial charge in [-0.1, -0.05) is 11.6 Å². The van der Waals surface area contributed by atoms with E-state index in [1.165, 1.54) is 12.1 Å². The first kappa shape index (κ1) is 16.9. The highest BCUT2D eigenvalue weighted by Gasteiger charge is 2.14. The first-order valence-corrected chi connectivity index (χ1v) is 8.24. The van der Waals surface area contributed by atoms with Gasteiger partial charge in [-0.3, -0.25) is 0 Å². The molecule has 2 heterocycles. The predicted molar refractivity (Wildman–Crippen MR) is 100 cm³/mol. The normalized spacial score (nSPS) is 10.8. The second-order valence-corrected chi connectivity index (χ2v) is 6.15. The van der Waals surface area contributed by atoms with Crippen molar-refractivity contribution in [3.63, 3.8) is 0 Å². The maximum absolute atomic E-state index is 12.5. The molecule has 0 N–H and O–H groups in total. The van der Waals surface area contributed by atoms with E-state index in [4.69, 9.17) is 30.4 Å². The van der Waals surface area contributed by atoms with E-state index in [0.29, 0.717) is 32.7 Å². The molecular weight excluding hydrogens is 370 g/mol. The summed E-state index contributed by atoms with van der Waals surface area (Å²) in [4.78, 5) is 24.5. The van der Waals surface area contributed by atoms with E-state index < -0.39 is 11.3 Å². The molecule has 2 aromatic heterocycles. The summed E-state index contributed by atoms with van der Waals surface area (Å²) >= 11 is 6.01. The minimum absolute atomic E-state index is 0.134. The van der Waals surface area contributed by atoms with Crippen molar-refractivity contribution < 1.29 is 13.6 Å². The summed E-state index contributed by atoms with van der Waals surface area (Å²) in [7, 11) is 0. The maximum atomic E-state index is 12.5. The van der Waals surface area contributed by atoms with Crippen LogP contribution in [0.2, 0.25) is 5.02 Å². The molecule has 0 fully saturated rings. The molecule has 0 unspecified atom stereocenters. The summed E-state index contributed by atoms with van der Waals surface area (Å²) < 4.78 is 15.8. The van der Waals surface area contributed by atoms with Crippen LogP contribution < -0.4 is 16.0 Å². The van der Waals surface area contributed by atoms with Crippen molar-refractivity contribution >= 4 is 33.5 Å². The van der Waals surface area contributed by atoms with E-state index in [2.05, 4.69) is 0 Å². The van der Waals surface area contributed by atoms with Gasteiger partial charge in [-0.25, -0.2) is 9.59 Å². The highest BCUT2D eigenvalue weighted by molar-refractivity contribution is 6.31. The van der Waals surface area contributed by atoms with Crippen molar-refractivity contribution in [2.24, 2.45) is 0 Å². The fourth-order valence-corrected chi connectivity index (χ4v) is 3.03. The van der Waals surface area contributed by atoms with Gasteiger partial charge >= 0.3 is 11.3 Å². The van der Waals surface area contributed by atoms with Gasteiger partial charge in [0.25, 0.3) is 0 Å². The molecule has 0 atom stereocenters. The lowest BCUT2D eigenvalue weighted by Crippen LogP contribution is -2.06. The number of nitrogens with zero attached hydrogens (tertiary/aromatic N) is 1. The van der Waals surface area contributed by atoms with Crippen molar-refractivity contribution in [2.45, 2.75) is 0 Å². The van der Waals surface area contributed by atoms with Gasteiger partial charge in [0.15, 0.2) is 6.61 Å². The lowest BCUT2D eigenvalue weighted by Gasteiger charge is -2.07. The van der Waals surface area contributed by atoms with E-state index in [9.17, 15) is 9.59 Å². The molecule has 0 amide bonds. The van der Waals surface area contributed by atoms with Gasteiger partial charge in [0.1, 0.15) is 23.0 Å². The van der Waals surface area contributed by atoms with Crippen LogP contribution in [0.3, 0.4) is 0 Å². The zero-order chi connectivity index (χ0) is 19.0. The number of hydrogen-bond acceptors (Lipinski definition) is 6. The van der Waals surface area contributed by atoms with Crippen molar-refractivity contribution in [3.8, 4) is 22.9 Å². The zero-order valence-corrected chi connectivity index (χ0v) is 14.4. The summed E-state index contributed by atoms with van der Waals surface area (Å²) in [5.74, 6) is 0.377. The Morgan fingerprint density at radius 1 is 0.963 bits per heavy atom. The predicted octanol–water partition coefficient (Wildman–Crippen LogP) is 4.12. The van der Waals surface area contributed by atoms with E-state index >= 15 is 0 Å². The second kappa shape index (κ2) is 6.63. The highest BCUT2D eigenvalue weighted by Crippen LogP contribution is 2.30. The van der Waals surface area contributed by atoms with Crippen LogP contribution >= 0.6 is 11.6 Å². The fraction of sp³-hybridized carbons (Fsp3) is 0.0500. The molecule has 7 heteroatoms. The summed E-state index contributed by atoms with van der Waals surface area (Å²) in [6.45, 7) is -0.134. The van der Waals surface area contributed by atoms with Crippen LogP contribution in [0.1, 0.15) is 0 Å². The Bertz CT molecular complexity index is 1350. The Hall–Kier alpha value is -3.56. The Kier molecular flexibility index (Phi) is 4.15. The number of nitriles is 1. The Morgan fingerprint density at radius 3 is 2.63 bits per heavy atom.